The summed E-state index contributed by atoms with van der Waals surface area (Å²) in [5, 5.41) is 0. The van der Waals surface area contributed by atoms with Gasteiger partial charge in [-0.05, 0) is 57.4 Å². The summed E-state index contributed by atoms with van der Waals surface area (Å²) in [6.45, 7) is 0. The zero-order chi connectivity index (χ0) is 20.9. The quantitative estimate of drug-likeness (QED) is 0.379. The molecule has 0 aromatic rings. The zero-order valence-electron chi connectivity index (χ0n) is 20.7. The van der Waals surface area contributed by atoms with Crippen molar-refractivity contribution in [2.75, 3.05) is 7.05 Å². The van der Waals surface area contributed by atoms with Gasteiger partial charge in [0.1, 0.15) is 0 Å². The lowest BCUT2D eigenvalue weighted by molar-refractivity contribution is 0.0400. The molecule has 2 saturated carbocycles. The second-order valence-electron chi connectivity index (χ2n) is 11.4. The molecule has 1 heterocycles. The summed E-state index contributed by atoms with van der Waals surface area (Å²) in [6.07, 6.45) is 36.0. The van der Waals surface area contributed by atoms with Gasteiger partial charge in [0.25, 0.3) is 0 Å². The number of fused-ring (bicyclic) bond motifs is 2. The molecule has 0 radical (unpaired) electrons. The fraction of sp³-hybridized carbons (Fsp3) is 1.00. The van der Waals surface area contributed by atoms with E-state index in [0.717, 1.165) is 23.9 Å². The molecule has 2 aliphatic carbocycles. The second-order valence-corrected chi connectivity index (χ2v) is 11.4. The highest BCUT2D eigenvalue weighted by molar-refractivity contribution is 4.89. The maximum absolute atomic E-state index is 3.00. The Morgan fingerprint density at radius 2 is 0.600 bits per heavy atom. The van der Waals surface area contributed by atoms with Crippen LogP contribution in [0.15, 0.2) is 0 Å². The highest BCUT2D eigenvalue weighted by atomic mass is 15.2. The van der Waals surface area contributed by atoms with Crippen molar-refractivity contribution in [1.82, 2.24) is 4.90 Å². The first-order valence-corrected chi connectivity index (χ1v) is 14.6. The Hall–Kier alpha value is -0.0400. The molecule has 4 unspecified atom stereocenters. The van der Waals surface area contributed by atoms with E-state index >= 15 is 0 Å². The molecule has 0 N–H and O–H groups in total. The summed E-state index contributed by atoms with van der Waals surface area (Å²) >= 11 is 0. The topological polar surface area (TPSA) is 3.24 Å². The lowest BCUT2D eigenvalue weighted by Crippen LogP contribution is -2.49. The van der Waals surface area contributed by atoms with Crippen molar-refractivity contribution in [3.05, 3.63) is 0 Å². The van der Waals surface area contributed by atoms with Gasteiger partial charge in [0.2, 0.25) is 0 Å². The Morgan fingerprint density at radius 1 is 0.333 bits per heavy atom. The molecule has 0 aromatic heterocycles. The van der Waals surface area contributed by atoms with Crippen molar-refractivity contribution in [3.8, 4) is 0 Å². The summed E-state index contributed by atoms with van der Waals surface area (Å²) in [6, 6.07) is 1.76. The molecule has 30 heavy (non-hydrogen) atoms. The van der Waals surface area contributed by atoms with Crippen LogP contribution in [0.2, 0.25) is 0 Å². The van der Waals surface area contributed by atoms with Crippen LogP contribution in [0.1, 0.15) is 154 Å². The minimum Gasteiger partial charge on any atom is -0.300 e. The van der Waals surface area contributed by atoms with Crippen LogP contribution < -0.4 is 0 Å². The van der Waals surface area contributed by atoms with E-state index in [2.05, 4.69) is 11.9 Å². The molecule has 0 aromatic carbocycles. The van der Waals surface area contributed by atoms with E-state index in [4.69, 9.17) is 0 Å². The van der Waals surface area contributed by atoms with Crippen molar-refractivity contribution in [1.29, 1.82) is 0 Å². The van der Waals surface area contributed by atoms with Crippen LogP contribution in [-0.2, 0) is 0 Å². The number of likely N-dealkylation sites (tertiary alicyclic amines) is 1. The van der Waals surface area contributed by atoms with Crippen LogP contribution >= 0.6 is 0 Å². The molecule has 0 bridgehead atoms. The van der Waals surface area contributed by atoms with Crippen LogP contribution in [-0.4, -0.2) is 24.0 Å². The second kappa shape index (κ2) is 14.9. The van der Waals surface area contributed by atoms with E-state index < -0.39 is 0 Å². The van der Waals surface area contributed by atoms with Crippen LogP contribution in [0.4, 0.5) is 0 Å². The number of hydrogen-bond donors (Lipinski definition) is 0. The summed E-state index contributed by atoms with van der Waals surface area (Å²) in [5.41, 5.74) is 0. The Balaban J connectivity index is 1.69. The molecule has 4 atom stereocenters. The third-order valence-corrected chi connectivity index (χ3v) is 9.18. The minimum absolute atomic E-state index is 0.881. The Morgan fingerprint density at radius 3 is 0.967 bits per heavy atom. The number of hydrogen-bond acceptors (Lipinski definition) is 1. The normalized spacial score (nSPS) is 35.5. The fourth-order valence-corrected chi connectivity index (χ4v) is 7.31. The maximum atomic E-state index is 3.00. The van der Waals surface area contributed by atoms with E-state index in [-0.39, 0.29) is 0 Å². The summed E-state index contributed by atoms with van der Waals surface area (Å²) < 4.78 is 0. The molecule has 176 valence electrons. The van der Waals surface area contributed by atoms with Gasteiger partial charge in [0.15, 0.2) is 0 Å². The highest BCUT2D eigenvalue weighted by Crippen LogP contribution is 2.38. The molecular formula is C29H55N. The SMILES string of the molecule is CN1C2CCCCCCCCCCCC2CCCC2CCCCCCCCCCC21. The van der Waals surface area contributed by atoms with Gasteiger partial charge in [-0.2, -0.15) is 0 Å². The molecule has 1 heteroatoms. The molecule has 0 spiro atoms. The lowest BCUT2D eigenvalue weighted by atomic mass is 9.76. The van der Waals surface area contributed by atoms with E-state index in [9.17, 15) is 0 Å². The van der Waals surface area contributed by atoms with Crippen molar-refractivity contribution >= 4 is 0 Å². The number of nitrogens with zero attached hydrogens (tertiary/aromatic N) is 1. The molecule has 3 fully saturated rings. The average molecular weight is 418 g/mol. The van der Waals surface area contributed by atoms with Crippen LogP contribution in [0.25, 0.3) is 0 Å². The van der Waals surface area contributed by atoms with Gasteiger partial charge in [0.05, 0.1) is 0 Å². The highest BCUT2D eigenvalue weighted by Gasteiger charge is 2.35. The maximum Gasteiger partial charge on any atom is 0.0123 e. The first-order valence-electron chi connectivity index (χ1n) is 14.6. The Labute approximate surface area is 190 Å². The van der Waals surface area contributed by atoms with Crippen molar-refractivity contribution in [2.45, 2.75) is 166 Å². The van der Waals surface area contributed by atoms with E-state index in [0.29, 0.717) is 0 Å². The minimum atomic E-state index is 0.881. The van der Waals surface area contributed by atoms with Gasteiger partial charge in [-0.1, -0.05) is 116 Å². The van der Waals surface area contributed by atoms with E-state index in [1.807, 2.05) is 0 Å². The van der Waals surface area contributed by atoms with Crippen LogP contribution in [0.3, 0.4) is 0 Å². The molecule has 3 rings (SSSR count). The smallest absolute Gasteiger partial charge is 0.0123 e. The van der Waals surface area contributed by atoms with Crippen molar-refractivity contribution < 1.29 is 0 Å². The van der Waals surface area contributed by atoms with Gasteiger partial charge in [-0.15, -0.1) is 0 Å². The fourth-order valence-electron chi connectivity index (χ4n) is 7.31. The first-order chi connectivity index (χ1) is 14.9. The number of rotatable bonds is 0. The molecule has 3 aliphatic rings. The Kier molecular flexibility index (Phi) is 12.2. The molecule has 1 aliphatic heterocycles. The summed E-state index contributed by atoms with van der Waals surface area (Å²) in [5.74, 6) is 1.97. The molecule has 0 amide bonds. The van der Waals surface area contributed by atoms with Gasteiger partial charge in [0, 0.05) is 12.1 Å². The van der Waals surface area contributed by atoms with Gasteiger partial charge in [-0.25, -0.2) is 0 Å². The third kappa shape index (κ3) is 8.48. The van der Waals surface area contributed by atoms with Gasteiger partial charge in [-0.3, -0.25) is 4.90 Å². The van der Waals surface area contributed by atoms with Crippen LogP contribution in [0, 0.1) is 11.8 Å². The molecule has 1 saturated heterocycles. The predicted molar refractivity (Wildman–Crippen MR) is 133 cm³/mol. The zero-order valence-corrected chi connectivity index (χ0v) is 20.7. The summed E-state index contributed by atoms with van der Waals surface area (Å²) in [7, 11) is 2.57. The third-order valence-electron chi connectivity index (χ3n) is 9.18. The van der Waals surface area contributed by atoms with Gasteiger partial charge >= 0.3 is 0 Å². The standard InChI is InChI=1S/C29H55N/c1-30-28-24-17-13-9-4-2-3-7-11-15-20-26(28)22-19-23-27-21-16-12-8-5-6-10-14-18-25-29(27)30/h26-29H,2-25H2,1H3. The first kappa shape index (κ1) is 24.6. The predicted octanol–water partition coefficient (Wildman–Crippen LogP) is 9.29. The van der Waals surface area contributed by atoms with Crippen molar-refractivity contribution in [2.24, 2.45) is 11.8 Å². The molecular weight excluding hydrogens is 362 g/mol. The van der Waals surface area contributed by atoms with Crippen LogP contribution in [0.5, 0.6) is 0 Å². The van der Waals surface area contributed by atoms with E-state index in [1.54, 1.807) is 0 Å². The Bertz CT molecular complexity index is 419. The monoisotopic (exact) mass is 417 g/mol. The summed E-state index contributed by atoms with van der Waals surface area (Å²) in [4.78, 5) is 3.00. The average Bonchev–Trinajstić information content (AvgIpc) is 2.76. The van der Waals surface area contributed by atoms with Gasteiger partial charge < -0.3 is 0 Å². The van der Waals surface area contributed by atoms with Crippen molar-refractivity contribution in [3.63, 3.8) is 0 Å². The van der Waals surface area contributed by atoms with E-state index in [1.165, 1.54) is 154 Å². The largest absolute Gasteiger partial charge is 0.300 e. The lowest BCUT2D eigenvalue weighted by Gasteiger charge is -2.45. The molecule has 1 nitrogen and oxygen atoms in total.